The van der Waals surface area contributed by atoms with Gasteiger partial charge in [0.05, 0.1) is 0 Å². The van der Waals surface area contributed by atoms with Crippen molar-refractivity contribution in [1.82, 2.24) is 4.98 Å². The molecule has 98 valence electrons. The maximum absolute atomic E-state index is 3.63. The minimum absolute atomic E-state index is 0.166. The molecule has 1 nitrogen and oxygen atoms in total. The van der Waals surface area contributed by atoms with Gasteiger partial charge in [-0.05, 0) is 23.5 Å². The first-order chi connectivity index (χ1) is 8.18. The van der Waals surface area contributed by atoms with Crippen molar-refractivity contribution >= 4 is 10.9 Å². The van der Waals surface area contributed by atoms with Crippen molar-refractivity contribution in [2.45, 2.75) is 53.4 Å². The van der Waals surface area contributed by atoms with Crippen LogP contribution in [0.3, 0.4) is 0 Å². The second-order valence-electron chi connectivity index (χ2n) is 7.51. The van der Waals surface area contributed by atoms with Gasteiger partial charge in [-0.2, -0.15) is 0 Å². The number of hydrogen-bond acceptors (Lipinski definition) is 0. The molecule has 0 saturated heterocycles. The Bertz CT molecular complexity index is 547. The highest BCUT2D eigenvalue weighted by atomic mass is 14.7. The summed E-state index contributed by atoms with van der Waals surface area (Å²) in [6.07, 6.45) is 1.11. The van der Waals surface area contributed by atoms with Gasteiger partial charge in [0.2, 0.25) is 0 Å². The molecule has 1 heteroatoms. The predicted molar refractivity (Wildman–Crippen MR) is 80.2 cm³/mol. The Balaban J connectivity index is 2.66. The summed E-state index contributed by atoms with van der Waals surface area (Å²) in [7, 11) is 0. The highest BCUT2D eigenvalue weighted by Crippen LogP contribution is 2.35. The van der Waals surface area contributed by atoms with E-state index in [-0.39, 0.29) is 5.41 Å². The van der Waals surface area contributed by atoms with Crippen LogP contribution in [0.2, 0.25) is 0 Å². The molecule has 0 bridgehead atoms. The van der Waals surface area contributed by atoms with E-state index in [9.17, 15) is 0 Å². The molecule has 0 amide bonds. The zero-order valence-electron chi connectivity index (χ0n) is 12.5. The SMILES string of the molecule is CC(C)(C)Cc1c(C(C)(C)C)[nH]c2ccccc12. The third-order valence-corrected chi connectivity index (χ3v) is 3.27. The fraction of sp³-hybridized carbons (Fsp3) is 0.529. The summed E-state index contributed by atoms with van der Waals surface area (Å²) < 4.78 is 0. The number of benzene rings is 1. The van der Waals surface area contributed by atoms with Crippen LogP contribution in [-0.2, 0) is 11.8 Å². The van der Waals surface area contributed by atoms with Gasteiger partial charge in [0.25, 0.3) is 0 Å². The Morgan fingerprint density at radius 1 is 0.944 bits per heavy atom. The van der Waals surface area contributed by atoms with E-state index in [2.05, 4.69) is 70.8 Å². The summed E-state index contributed by atoms with van der Waals surface area (Å²) in [4.78, 5) is 3.63. The zero-order chi connectivity index (χ0) is 13.6. The van der Waals surface area contributed by atoms with Gasteiger partial charge in [0.15, 0.2) is 0 Å². The van der Waals surface area contributed by atoms with Crippen molar-refractivity contribution in [2.75, 3.05) is 0 Å². The molecule has 0 saturated carbocycles. The van der Waals surface area contributed by atoms with Crippen molar-refractivity contribution in [3.63, 3.8) is 0 Å². The molecule has 2 aromatic rings. The molecule has 18 heavy (non-hydrogen) atoms. The van der Waals surface area contributed by atoms with E-state index in [0.717, 1.165) is 6.42 Å². The lowest BCUT2D eigenvalue weighted by molar-refractivity contribution is 0.407. The zero-order valence-corrected chi connectivity index (χ0v) is 12.5. The van der Waals surface area contributed by atoms with Gasteiger partial charge in [-0.15, -0.1) is 0 Å². The average Bonchev–Trinajstić information content (AvgIpc) is 2.55. The minimum atomic E-state index is 0.166. The second-order valence-corrected chi connectivity index (χ2v) is 7.51. The van der Waals surface area contributed by atoms with E-state index >= 15 is 0 Å². The molecular weight excluding hydrogens is 218 g/mol. The van der Waals surface area contributed by atoms with Crippen molar-refractivity contribution in [3.05, 3.63) is 35.5 Å². The summed E-state index contributed by atoms with van der Waals surface area (Å²) in [5.74, 6) is 0. The van der Waals surface area contributed by atoms with E-state index in [4.69, 9.17) is 0 Å². The minimum Gasteiger partial charge on any atom is -0.358 e. The normalized spacial score (nSPS) is 13.2. The van der Waals surface area contributed by atoms with Crippen LogP contribution >= 0.6 is 0 Å². The first-order valence-corrected chi connectivity index (χ1v) is 6.78. The third-order valence-electron chi connectivity index (χ3n) is 3.27. The van der Waals surface area contributed by atoms with E-state index in [1.165, 1.54) is 22.2 Å². The van der Waals surface area contributed by atoms with Gasteiger partial charge in [-0.3, -0.25) is 0 Å². The van der Waals surface area contributed by atoms with Crippen LogP contribution in [-0.4, -0.2) is 4.98 Å². The molecule has 0 aliphatic heterocycles. The molecule has 0 spiro atoms. The van der Waals surface area contributed by atoms with Gasteiger partial charge in [0.1, 0.15) is 0 Å². The number of H-pyrrole nitrogens is 1. The van der Waals surface area contributed by atoms with Gasteiger partial charge in [0, 0.05) is 22.0 Å². The van der Waals surface area contributed by atoms with Crippen LogP contribution in [0.4, 0.5) is 0 Å². The number of aromatic nitrogens is 1. The summed E-state index contributed by atoms with van der Waals surface area (Å²) in [5.41, 5.74) is 4.62. The molecular formula is C17H25N. The number of hydrogen-bond donors (Lipinski definition) is 1. The maximum Gasteiger partial charge on any atom is 0.0459 e. The highest BCUT2D eigenvalue weighted by Gasteiger charge is 2.25. The largest absolute Gasteiger partial charge is 0.358 e. The van der Waals surface area contributed by atoms with E-state index in [1.807, 2.05) is 0 Å². The van der Waals surface area contributed by atoms with Crippen LogP contribution in [0.1, 0.15) is 52.8 Å². The molecule has 0 atom stereocenters. The summed E-state index contributed by atoms with van der Waals surface area (Å²) >= 11 is 0. The van der Waals surface area contributed by atoms with Crippen molar-refractivity contribution < 1.29 is 0 Å². The molecule has 1 aromatic heterocycles. The van der Waals surface area contributed by atoms with Crippen molar-refractivity contribution in [2.24, 2.45) is 5.41 Å². The Morgan fingerprint density at radius 3 is 2.11 bits per heavy atom. The number of rotatable bonds is 1. The Hall–Kier alpha value is -1.24. The monoisotopic (exact) mass is 243 g/mol. The standard InChI is InChI=1S/C17H25N/c1-16(2,3)11-13-12-9-7-8-10-14(12)18-15(13)17(4,5)6/h7-10,18H,11H2,1-6H3. The van der Waals surface area contributed by atoms with Crippen LogP contribution in [0.5, 0.6) is 0 Å². The van der Waals surface area contributed by atoms with Gasteiger partial charge >= 0.3 is 0 Å². The molecule has 0 unspecified atom stereocenters. The Kier molecular flexibility index (Phi) is 3.04. The van der Waals surface area contributed by atoms with E-state index in [0.29, 0.717) is 5.41 Å². The second kappa shape index (κ2) is 4.15. The van der Waals surface area contributed by atoms with E-state index in [1.54, 1.807) is 0 Å². The van der Waals surface area contributed by atoms with Crippen molar-refractivity contribution in [3.8, 4) is 0 Å². The fourth-order valence-corrected chi connectivity index (χ4v) is 2.55. The molecule has 0 aliphatic rings. The molecule has 0 radical (unpaired) electrons. The number of fused-ring (bicyclic) bond motifs is 1. The topological polar surface area (TPSA) is 15.8 Å². The van der Waals surface area contributed by atoms with Crippen LogP contribution < -0.4 is 0 Å². The van der Waals surface area contributed by atoms with Crippen LogP contribution in [0.15, 0.2) is 24.3 Å². The Morgan fingerprint density at radius 2 is 1.56 bits per heavy atom. The lowest BCUT2D eigenvalue weighted by Crippen LogP contribution is -2.17. The summed E-state index contributed by atoms with van der Waals surface area (Å²) in [6, 6.07) is 8.65. The number of nitrogens with one attached hydrogen (secondary N) is 1. The average molecular weight is 243 g/mol. The first kappa shape index (κ1) is 13.2. The lowest BCUT2D eigenvalue weighted by Gasteiger charge is -2.24. The number of aromatic amines is 1. The van der Waals surface area contributed by atoms with E-state index < -0.39 is 0 Å². The smallest absolute Gasteiger partial charge is 0.0459 e. The maximum atomic E-state index is 3.63. The van der Waals surface area contributed by atoms with Crippen molar-refractivity contribution in [1.29, 1.82) is 0 Å². The number of para-hydroxylation sites is 1. The quantitative estimate of drug-likeness (QED) is 0.721. The fourth-order valence-electron chi connectivity index (χ4n) is 2.55. The molecule has 1 N–H and O–H groups in total. The highest BCUT2D eigenvalue weighted by molar-refractivity contribution is 5.85. The molecule has 1 aromatic carbocycles. The lowest BCUT2D eigenvalue weighted by atomic mass is 9.81. The van der Waals surface area contributed by atoms with Gasteiger partial charge in [-0.25, -0.2) is 0 Å². The van der Waals surface area contributed by atoms with Gasteiger partial charge in [-0.1, -0.05) is 59.7 Å². The molecule has 1 heterocycles. The van der Waals surface area contributed by atoms with Gasteiger partial charge < -0.3 is 4.98 Å². The summed E-state index contributed by atoms with van der Waals surface area (Å²) in [6.45, 7) is 13.8. The van der Waals surface area contributed by atoms with Crippen LogP contribution in [0.25, 0.3) is 10.9 Å². The Labute approximate surface area is 111 Å². The summed E-state index contributed by atoms with van der Waals surface area (Å²) in [5, 5.41) is 1.39. The first-order valence-electron chi connectivity index (χ1n) is 6.78. The third kappa shape index (κ3) is 2.60. The van der Waals surface area contributed by atoms with Crippen LogP contribution in [0, 0.1) is 5.41 Å². The molecule has 2 rings (SSSR count). The predicted octanol–water partition coefficient (Wildman–Crippen LogP) is 5.05. The molecule has 0 fully saturated rings. The molecule has 0 aliphatic carbocycles.